The summed E-state index contributed by atoms with van der Waals surface area (Å²) >= 11 is 0. The smallest absolute Gasteiger partial charge is 0.274 e. The van der Waals surface area contributed by atoms with Crippen molar-refractivity contribution in [2.24, 2.45) is 0 Å². The molecule has 0 bridgehead atoms. The summed E-state index contributed by atoms with van der Waals surface area (Å²) in [6.07, 6.45) is 0.932. The molecular formula is C12H18N2O3. The van der Waals surface area contributed by atoms with Crippen LogP contribution in [0.1, 0.15) is 18.9 Å². The van der Waals surface area contributed by atoms with Gasteiger partial charge in [-0.05, 0) is 19.4 Å². The molecule has 0 aliphatic carbocycles. The molecule has 94 valence electrons. The van der Waals surface area contributed by atoms with Gasteiger partial charge in [-0.3, -0.25) is 10.1 Å². The lowest BCUT2D eigenvalue weighted by Gasteiger charge is -2.23. The molecule has 5 nitrogen and oxygen atoms in total. The highest BCUT2D eigenvalue weighted by atomic mass is 16.6. The van der Waals surface area contributed by atoms with Crippen LogP contribution in [-0.2, 0) is 0 Å². The van der Waals surface area contributed by atoms with Crippen molar-refractivity contribution in [3.05, 3.63) is 33.9 Å². The standard InChI is InChI=1S/C12H18N2O3/c1-3-6-13(7-8-15)11-5-4-10(2)12(9-11)14(16)17/h4-5,9,15H,3,6-8H2,1-2H3. The first-order valence-corrected chi connectivity index (χ1v) is 5.71. The number of anilines is 1. The monoisotopic (exact) mass is 238 g/mol. The van der Waals surface area contributed by atoms with Crippen molar-refractivity contribution in [3.63, 3.8) is 0 Å². The molecule has 0 amide bonds. The first kappa shape index (κ1) is 13.4. The van der Waals surface area contributed by atoms with Crippen molar-refractivity contribution in [3.8, 4) is 0 Å². The first-order chi connectivity index (χ1) is 8.10. The van der Waals surface area contributed by atoms with E-state index in [0.29, 0.717) is 12.1 Å². The van der Waals surface area contributed by atoms with E-state index in [1.165, 1.54) is 0 Å². The molecule has 5 heteroatoms. The fourth-order valence-electron chi connectivity index (χ4n) is 1.75. The topological polar surface area (TPSA) is 66.6 Å². The molecule has 0 radical (unpaired) electrons. The van der Waals surface area contributed by atoms with Crippen LogP contribution >= 0.6 is 0 Å². The van der Waals surface area contributed by atoms with E-state index >= 15 is 0 Å². The van der Waals surface area contributed by atoms with Gasteiger partial charge in [0, 0.05) is 30.4 Å². The van der Waals surface area contributed by atoms with Crippen LogP contribution in [-0.4, -0.2) is 29.7 Å². The van der Waals surface area contributed by atoms with Crippen molar-refractivity contribution < 1.29 is 10.0 Å². The van der Waals surface area contributed by atoms with Gasteiger partial charge >= 0.3 is 0 Å². The molecule has 0 saturated carbocycles. The molecule has 0 heterocycles. The van der Waals surface area contributed by atoms with Gasteiger partial charge in [0.05, 0.1) is 11.5 Å². The minimum absolute atomic E-state index is 0.0433. The van der Waals surface area contributed by atoms with Gasteiger partial charge < -0.3 is 10.0 Å². The van der Waals surface area contributed by atoms with E-state index < -0.39 is 0 Å². The normalized spacial score (nSPS) is 10.3. The van der Waals surface area contributed by atoms with E-state index in [-0.39, 0.29) is 17.2 Å². The van der Waals surface area contributed by atoms with Crippen LogP contribution in [0.4, 0.5) is 11.4 Å². The minimum atomic E-state index is -0.373. The molecule has 0 atom stereocenters. The molecule has 17 heavy (non-hydrogen) atoms. The van der Waals surface area contributed by atoms with Gasteiger partial charge in [-0.25, -0.2) is 0 Å². The van der Waals surface area contributed by atoms with Gasteiger partial charge in [0.15, 0.2) is 0 Å². The van der Waals surface area contributed by atoms with Crippen molar-refractivity contribution >= 4 is 11.4 Å². The molecule has 1 N–H and O–H groups in total. The molecule has 1 aromatic carbocycles. The van der Waals surface area contributed by atoms with Crippen LogP contribution < -0.4 is 4.90 Å². The zero-order valence-corrected chi connectivity index (χ0v) is 10.2. The number of nitrogens with zero attached hydrogens (tertiary/aromatic N) is 2. The van der Waals surface area contributed by atoms with E-state index in [4.69, 9.17) is 5.11 Å². The Morgan fingerprint density at radius 3 is 2.65 bits per heavy atom. The molecule has 0 aliphatic heterocycles. The average Bonchev–Trinajstić information content (AvgIpc) is 2.29. The summed E-state index contributed by atoms with van der Waals surface area (Å²) in [7, 11) is 0. The van der Waals surface area contributed by atoms with Crippen LogP contribution in [0.5, 0.6) is 0 Å². The van der Waals surface area contributed by atoms with Gasteiger partial charge in [0.1, 0.15) is 0 Å². The van der Waals surface area contributed by atoms with Gasteiger partial charge in [0.2, 0.25) is 0 Å². The quantitative estimate of drug-likeness (QED) is 0.609. The predicted octanol–water partition coefficient (Wildman–Crippen LogP) is 2.11. The summed E-state index contributed by atoms with van der Waals surface area (Å²) in [5.41, 5.74) is 1.57. The SMILES string of the molecule is CCCN(CCO)c1ccc(C)c([N+](=O)[O-])c1. The Bertz CT molecular complexity index is 387. The van der Waals surface area contributed by atoms with Crippen molar-refractivity contribution in [2.75, 3.05) is 24.6 Å². The Labute approximate surface area is 101 Å². The third-order valence-electron chi connectivity index (χ3n) is 2.62. The van der Waals surface area contributed by atoms with Gasteiger partial charge in [0.25, 0.3) is 5.69 Å². The van der Waals surface area contributed by atoms with E-state index in [2.05, 4.69) is 0 Å². The Morgan fingerprint density at radius 1 is 1.41 bits per heavy atom. The molecule has 0 saturated heterocycles. The Kier molecular flexibility index (Phi) is 4.90. The number of aryl methyl sites for hydroxylation is 1. The second-order valence-corrected chi connectivity index (χ2v) is 3.94. The summed E-state index contributed by atoms with van der Waals surface area (Å²) in [4.78, 5) is 12.4. The number of rotatable bonds is 6. The molecule has 0 fully saturated rings. The van der Waals surface area contributed by atoms with Crippen molar-refractivity contribution in [2.45, 2.75) is 20.3 Å². The number of hydrogen-bond donors (Lipinski definition) is 1. The summed E-state index contributed by atoms with van der Waals surface area (Å²) < 4.78 is 0. The second kappa shape index (κ2) is 6.20. The lowest BCUT2D eigenvalue weighted by Crippen LogP contribution is -2.27. The zero-order chi connectivity index (χ0) is 12.8. The Balaban J connectivity index is 3.03. The lowest BCUT2D eigenvalue weighted by molar-refractivity contribution is -0.385. The Morgan fingerprint density at radius 2 is 2.12 bits per heavy atom. The number of aliphatic hydroxyl groups excluding tert-OH is 1. The number of nitro groups is 1. The van der Waals surface area contributed by atoms with E-state index in [1.54, 1.807) is 19.1 Å². The van der Waals surface area contributed by atoms with Crippen molar-refractivity contribution in [1.29, 1.82) is 0 Å². The fraction of sp³-hybridized carbons (Fsp3) is 0.500. The summed E-state index contributed by atoms with van der Waals surface area (Å²) in [6.45, 7) is 5.07. The number of aliphatic hydroxyl groups is 1. The maximum absolute atomic E-state index is 10.8. The van der Waals surface area contributed by atoms with Crippen LogP contribution in [0.3, 0.4) is 0 Å². The third-order valence-corrected chi connectivity index (χ3v) is 2.62. The first-order valence-electron chi connectivity index (χ1n) is 5.71. The maximum Gasteiger partial charge on any atom is 0.274 e. The molecule has 0 unspecified atom stereocenters. The van der Waals surface area contributed by atoms with E-state index in [0.717, 1.165) is 18.7 Å². The van der Waals surface area contributed by atoms with Crippen LogP contribution in [0.25, 0.3) is 0 Å². The minimum Gasteiger partial charge on any atom is -0.395 e. The van der Waals surface area contributed by atoms with Crippen LogP contribution in [0.2, 0.25) is 0 Å². The number of benzene rings is 1. The summed E-state index contributed by atoms with van der Waals surface area (Å²) in [6, 6.07) is 5.17. The van der Waals surface area contributed by atoms with Crippen LogP contribution in [0, 0.1) is 17.0 Å². The summed E-state index contributed by atoms with van der Waals surface area (Å²) in [5.74, 6) is 0. The number of hydrogen-bond acceptors (Lipinski definition) is 4. The van der Waals surface area contributed by atoms with Gasteiger partial charge in [-0.15, -0.1) is 0 Å². The van der Waals surface area contributed by atoms with E-state index in [9.17, 15) is 10.1 Å². The Hall–Kier alpha value is -1.62. The third kappa shape index (κ3) is 3.42. The summed E-state index contributed by atoms with van der Waals surface area (Å²) in [5, 5.41) is 19.8. The number of nitro benzene ring substituents is 1. The highest BCUT2D eigenvalue weighted by Gasteiger charge is 2.13. The molecule has 1 aromatic rings. The highest BCUT2D eigenvalue weighted by molar-refractivity contribution is 5.56. The highest BCUT2D eigenvalue weighted by Crippen LogP contribution is 2.25. The molecule has 0 spiro atoms. The zero-order valence-electron chi connectivity index (χ0n) is 10.2. The fourth-order valence-corrected chi connectivity index (χ4v) is 1.75. The van der Waals surface area contributed by atoms with Gasteiger partial charge in [-0.1, -0.05) is 13.0 Å². The molecule has 0 aliphatic rings. The maximum atomic E-state index is 10.8. The van der Waals surface area contributed by atoms with Gasteiger partial charge in [-0.2, -0.15) is 0 Å². The predicted molar refractivity (Wildman–Crippen MR) is 67.4 cm³/mol. The second-order valence-electron chi connectivity index (χ2n) is 3.94. The largest absolute Gasteiger partial charge is 0.395 e. The lowest BCUT2D eigenvalue weighted by atomic mass is 10.1. The molecule has 1 rings (SSSR count). The van der Waals surface area contributed by atoms with Crippen molar-refractivity contribution in [1.82, 2.24) is 0 Å². The average molecular weight is 238 g/mol. The van der Waals surface area contributed by atoms with E-state index in [1.807, 2.05) is 17.9 Å². The molecule has 0 aromatic heterocycles. The molecular weight excluding hydrogens is 220 g/mol. The van der Waals surface area contributed by atoms with Crippen LogP contribution in [0.15, 0.2) is 18.2 Å².